The van der Waals surface area contributed by atoms with E-state index in [0.717, 1.165) is 6.61 Å². The van der Waals surface area contributed by atoms with Gasteiger partial charge in [0.05, 0.1) is 0 Å². The molecule has 0 spiro atoms. The lowest BCUT2D eigenvalue weighted by molar-refractivity contribution is 0.215. The van der Waals surface area contributed by atoms with Crippen LogP contribution in [-0.4, -0.2) is 31.7 Å². The molecule has 2 nitrogen and oxygen atoms in total. The highest BCUT2D eigenvalue weighted by molar-refractivity contribution is 5.03. The summed E-state index contributed by atoms with van der Waals surface area (Å²) in [5.41, 5.74) is 1.55. The topological polar surface area (TPSA) is 12.5 Å². The fourth-order valence-electron chi connectivity index (χ4n) is 1.55. The first-order chi connectivity index (χ1) is 6.79. The smallest absolute Gasteiger partial charge is 0.0433 e. The van der Waals surface area contributed by atoms with E-state index >= 15 is 0 Å². The van der Waals surface area contributed by atoms with Crippen LogP contribution >= 0.6 is 0 Å². The minimum absolute atomic E-state index is 0.819. The lowest BCUT2D eigenvalue weighted by Crippen LogP contribution is -2.26. The van der Waals surface area contributed by atoms with Gasteiger partial charge in [0.2, 0.25) is 0 Å². The molecule has 1 rings (SSSR count). The zero-order valence-electron chi connectivity index (χ0n) is 10.2. The molecule has 0 saturated heterocycles. The third kappa shape index (κ3) is 5.28. The Morgan fingerprint density at radius 2 is 2.00 bits per heavy atom. The molecular formula is C12H25NO. The van der Waals surface area contributed by atoms with Crippen LogP contribution in [0.3, 0.4) is 0 Å². The summed E-state index contributed by atoms with van der Waals surface area (Å²) in [5, 5.41) is 0. The Hall–Kier alpha value is -0.500. The van der Waals surface area contributed by atoms with Crippen LogP contribution in [-0.2, 0) is 4.74 Å². The molecule has 1 aliphatic heterocycles. The number of hydrogen-bond acceptors (Lipinski definition) is 2. The van der Waals surface area contributed by atoms with E-state index in [1.165, 1.54) is 32.4 Å². The van der Waals surface area contributed by atoms with Crippen LogP contribution in [0.5, 0.6) is 0 Å². The SMILES string of the molecule is CCC1=CCCCN1CC.CCOC. The molecule has 1 heterocycles. The van der Waals surface area contributed by atoms with E-state index in [4.69, 9.17) is 0 Å². The summed E-state index contributed by atoms with van der Waals surface area (Å²) in [6.45, 7) is 9.70. The maximum atomic E-state index is 4.54. The summed E-state index contributed by atoms with van der Waals surface area (Å²) in [7, 11) is 1.68. The van der Waals surface area contributed by atoms with Crippen LogP contribution in [0.25, 0.3) is 0 Å². The molecule has 0 bridgehead atoms. The molecule has 0 saturated carbocycles. The van der Waals surface area contributed by atoms with Crippen molar-refractivity contribution in [2.24, 2.45) is 0 Å². The van der Waals surface area contributed by atoms with Gasteiger partial charge in [0.25, 0.3) is 0 Å². The van der Waals surface area contributed by atoms with Crippen LogP contribution in [0.2, 0.25) is 0 Å². The zero-order valence-corrected chi connectivity index (χ0v) is 10.2. The second-order valence-electron chi connectivity index (χ2n) is 3.35. The first kappa shape index (κ1) is 13.5. The summed E-state index contributed by atoms with van der Waals surface area (Å²) >= 11 is 0. The van der Waals surface area contributed by atoms with Gasteiger partial charge in [0.1, 0.15) is 0 Å². The van der Waals surface area contributed by atoms with Gasteiger partial charge in [-0.3, -0.25) is 0 Å². The Kier molecular flexibility index (Phi) is 8.75. The van der Waals surface area contributed by atoms with E-state index in [1.807, 2.05) is 6.92 Å². The molecule has 0 aliphatic carbocycles. The summed E-state index contributed by atoms with van der Waals surface area (Å²) < 4.78 is 4.54. The van der Waals surface area contributed by atoms with Crippen molar-refractivity contribution in [1.82, 2.24) is 4.90 Å². The molecule has 0 N–H and O–H groups in total. The molecule has 14 heavy (non-hydrogen) atoms. The number of nitrogens with zero attached hydrogens (tertiary/aromatic N) is 1. The van der Waals surface area contributed by atoms with Gasteiger partial charge in [-0.2, -0.15) is 0 Å². The predicted octanol–water partition coefficient (Wildman–Crippen LogP) is 3.05. The predicted molar refractivity (Wildman–Crippen MR) is 62.4 cm³/mol. The van der Waals surface area contributed by atoms with Gasteiger partial charge in [-0.15, -0.1) is 0 Å². The molecule has 2 heteroatoms. The molecule has 0 aromatic carbocycles. The standard InChI is InChI=1S/C9H17N.C3H8O/c1-3-9-7-5-6-8-10(9)4-2;1-3-4-2/h7H,3-6,8H2,1-2H3;3H2,1-2H3. The van der Waals surface area contributed by atoms with E-state index in [9.17, 15) is 0 Å². The average Bonchev–Trinajstić information content (AvgIpc) is 2.29. The molecule has 1 aliphatic rings. The fraction of sp³-hybridized carbons (Fsp3) is 0.833. The van der Waals surface area contributed by atoms with E-state index in [1.54, 1.807) is 12.8 Å². The van der Waals surface area contributed by atoms with Gasteiger partial charge < -0.3 is 9.64 Å². The van der Waals surface area contributed by atoms with Crippen molar-refractivity contribution in [3.05, 3.63) is 11.8 Å². The Labute approximate surface area is 88.9 Å². The van der Waals surface area contributed by atoms with Crippen molar-refractivity contribution >= 4 is 0 Å². The van der Waals surface area contributed by atoms with E-state index in [0.29, 0.717) is 0 Å². The minimum atomic E-state index is 0.819. The Morgan fingerprint density at radius 3 is 2.36 bits per heavy atom. The maximum Gasteiger partial charge on any atom is 0.0433 e. The zero-order chi connectivity index (χ0) is 10.8. The van der Waals surface area contributed by atoms with Crippen molar-refractivity contribution in [3.8, 4) is 0 Å². The van der Waals surface area contributed by atoms with Crippen molar-refractivity contribution in [1.29, 1.82) is 0 Å². The van der Waals surface area contributed by atoms with Crippen molar-refractivity contribution in [3.63, 3.8) is 0 Å². The highest BCUT2D eigenvalue weighted by Crippen LogP contribution is 2.16. The van der Waals surface area contributed by atoms with Gasteiger partial charge in [0, 0.05) is 32.5 Å². The maximum absolute atomic E-state index is 4.54. The van der Waals surface area contributed by atoms with Crippen molar-refractivity contribution in [2.45, 2.75) is 40.0 Å². The molecule has 0 aromatic heterocycles. The summed E-state index contributed by atoms with van der Waals surface area (Å²) in [6.07, 6.45) is 6.22. The van der Waals surface area contributed by atoms with E-state index < -0.39 is 0 Å². The number of ether oxygens (including phenoxy) is 1. The van der Waals surface area contributed by atoms with Crippen molar-refractivity contribution in [2.75, 3.05) is 26.8 Å². The molecule has 0 fully saturated rings. The monoisotopic (exact) mass is 199 g/mol. The van der Waals surface area contributed by atoms with Gasteiger partial charge in [-0.05, 0) is 33.1 Å². The molecule has 0 unspecified atom stereocenters. The highest BCUT2D eigenvalue weighted by atomic mass is 16.5. The highest BCUT2D eigenvalue weighted by Gasteiger charge is 2.08. The first-order valence-corrected chi connectivity index (χ1v) is 5.72. The Bertz CT molecular complexity index is 152. The van der Waals surface area contributed by atoms with Gasteiger partial charge >= 0.3 is 0 Å². The lowest BCUT2D eigenvalue weighted by Gasteiger charge is -2.28. The van der Waals surface area contributed by atoms with Crippen molar-refractivity contribution < 1.29 is 4.74 Å². The third-order valence-corrected chi connectivity index (χ3v) is 2.45. The number of allylic oxidation sites excluding steroid dienone is 2. The van der Waals surface area contributed by atoms with Gasteiger partial charge in [-0.1, -0.05) is 13.0 Å². The lowest BCUT2D eigenvalue weighted by atomic mass is 10.1. The second kappa shape index (κ2) is 9.07. The third-order valence-electron chi connectivity index (χ3n) is 2.45. The quantitative estimate of drug-likeness (QED) is 0.692. The molecule has 0 atom stereocenters. The van der Waals surface area contributed by atoms with Crippen LogP contribution in [0.1, 0.15) is 40.0 Å². The molecular weight excluding hydrogens is 174 g/mol. The number of hydrogen-bond donors (Lipinski definition) is 0. The summed E-state index contributed by atoms with van der Waals surface area (Å²) in [4.78, 5) is 2.48. The number of methoxy groups -OCH3 is 1. The molecule has 0 radical (unpaired) electrons. The largest absolute Gasteiger partial charge is 0.385 e. The molecule has 0 aromatic rings. The normalized spacial score (nSPS) is 15.7. The first-order valence-electron chi connectivity index (χ1n) is 5.72. The average molecular weight is 199 g/mol. The van der Waals surface area contributed by atoms with Gasteiger partial charge in [-0.25, -0.2) is 0 Å². The fourth-order valence-corrected chi connectivity index (χ4v) is 1.55. The van der Waals surface area contributed by atoms with E-state index in [-0.39, 0.29) is 0 Å². The van der Waals surface area contributed by atoms with Crippen LogP contribution in [0.4, 0.5) is 0 Å². The summed E-state index contributed by atoms with van der Waals surface area (Å²) in [6, 6.07) is 0. The Balaban J connectivity index is 0.000000364. The molecule has 0 amide bonds. The van der Waals surface area contributed by atoms with Crippen LogP contribution in [0.15, 0.2) is 11.8 Å². The van der Waals surface area contributed by atoms with E-state index in [2.05, 4.69) is 29.6 Å². The van der Waals surface area contributed by atoms with Gasteiger partial charge in [0.15, 0.2) is 0 Å². The van der Waals surface area contributed by atoms with Crippen LogP contribution in [0, 0.1) is 0 Å². The second-order valence-corrected chi connectivity index (χ2v) is 3.35. The molecule has 84 valence electrons. The summed E-state index contributed by atoms with van der Waals surface area (Å²) in [5.74, 6) is 0. The number of rotatable bonds is 3. The Morgan fingerprint density at radius 1 is 1.36 bits per heavy atom. The van der Waals surface area contributed by atoms with Crippen LogP contribution < -0.4 is 0 Å². The minimum Gasteiger partial charge on any atom is -0.385 e.